The van der Waals surface area contributed by atoms with Gasteiger partial charge in [-0.15, -0.1) is 0 Å². The average molecular weight is 312 g/mol. The van der Waals surface area contributed by atoms with Crippen molar-refractivity contribution in [2.45, 2.75) is 6.54 Å². The summed E-state index contributed by atoms with van der Waals surface area (Å²) in [5.74, 6) is -1.80. The van der Waals surface area contributed by atoms with Crippen LogP contribution in [-0.2, 0) is 6.54 Å². The number of anilines is 1. The maximum Gasteiger partial charge on any atom is 0.337 e. The van der Waals surface area contributed by atoms with Gasteiger partial charge in [-0.05, 0) is 23.7 Å². The number of azide groups is 1. The van der Waals surface area contributed by atoms with Crippen LogP contribution in [0.25, 0.3) is 10.4 Å². The van der Waals surface area contributed by atoms with Gasteiger partial charge < -0.3 is 14.9 Å². The lowest BCUT2D eigenvalue weighted by atomic mass is 10.1. The number of nitrogens with one attached hydrogen (secondary N) is 1. The van der Waals surface area contributed by atoms with Gasteiger partial charge in [0.05, 0.1) is 29.4 Å². The van der Waals surface area contributed by atoms with E-state index in [1.807, 2.05) is 6.07 Å². The Labute approximate surface area is 128 Å². The average Bonchev–Trinajstić information content (AvgIpc) is 3.02. The highest BCUT2D eigenvalue weighted by molar-refractivity contribution is 6.06. The first kappa shape index (κ1) is 15.6. The molecular formula is C13H8N6O4. The van der Waals surface area contributed by atoms with E-state index in [1.165, 1.54) is 18.2 Å². The molecule has 2 N–H and O–H groups in total. The smallest absolute Gasteiger partial charge is 0.337 e. The highest BCUT2D eigenvalue weighted by Crippen LogP contribution is 2.18. The Morgan fingerprint density at radius 3 is 2.91 bits per heavy atom. The molecule has 0 radical (unpaired) electrons. The minimum atomic E-state index is -1.29. The topological polar surface area (TPSA) is 165 Å². The van der Waals surface area contributed by atoms with Crippen molar-refractivity contribution < 1.29 is 19.2 Å². The van der Waals surface area contributed by atoms with Gasteiger partial charge in [0.2, 0.25) is 0 Å². The van der Waals surface area contributed by atoms with E-state index in [9.17, 15) is 9.59 Å². The summed E-state index contributed by atoms with van der Waals surface area (Å²) in [6.45, 7) is -0.103. The second kappa shape index (κ2) is 6.75. The second-order valence-electron chi connectivity index (χ2n) is 4.20. The van der Waals surface area contributed by atoms with E-state index in [4.69, 9.17) is 20.4 Å². The summed E-state index contributed by atoms with van der Waals surface area (Å²) in [5.41, 5.74) is 8.04. The number of carboxylic acids is 1. The van der Waals surface area contributed by atoms with Crippen LogP contribution in [-0.4, -0.2) is 22.1 Å². The third-order valence-electron chi connectivity index (χ3n) is 2.71. The fourth-order valence-electron chi connectivity index (χ4n) is 1.68. The van der Waals surface area contributed by atoms with Gasteiger partial charge in [-0.2, -0.15) is 5.26 Å². The third-order valence-corrected chi connectivity index (χ3v) is 2.71. The summed E-state index contributed by atoms with van der Waals surface area (Å²) < 4.78 is 4.80. The Bertz CT molecular complexity index is 860. The summed E-state index contributed by atoms with van der Waals surface area (Å²) in [5, 5.41) is 27.0. The molecule has 0 bridgehead atoms. The first-order valence-electron chi connectivity index (χ1n) is 6.10. The van der Waals surface area contributed by atoms with Crippen molar-refractivity contribution in [2.75, 3.05) is 5.32 Å². The molecule has 1 aromatic heterocycles. The largest absolute Gasteiger partial charge is 0.478 e. The number of carboxylic acid groups (broad SMARTS) is 1. The molecule has 0 unspecified atom stereocenters. The monoisotopic (exact) mass is 312 g/mol. The lowest BCUT2D eigenvalue weighted by Crippen LogP contribution is -2.15. The number of nitrogens with zero attached hydrogens (tertiary/aromatic N) is 5. The molecule has 23 heavy (non-hydrogen) atoms. The van der Waals surface area contributed by atoms with E-state index in [0.29, 0.717) is 0 Å². The van der Waals surface area contributed by atoms with E-state index >= 15 is 0 Å². The summed E-state index contributed by atoms with van der Waals surface area (Å²) >= 11 is 0. The lowest BCUT2D eigenvalue weighted by Gasteiger charge is -2.07. The maximum absolute atomic E-state index is 12.0. The number of carbonyl (C=O) groups is 2. The highest BCUT2D eigenvalue weighted by Gasteiger charge is 2.17. The zero-order chi connectivity index (χ0) is 16.8. The van der Waals surface area contributed by atoms with Crippen LogP contribution in [0.15, 0.2) is 33.9 Å². The Morgan fingerprint density at radius 1 is 1.48 bits per heavy atom. The quantitative estimate of drug-likeness (QED) is 0.488. The van der Waals surface area contributed by atoms with Crippen molar-refractivity contribution in [1.29, 1.82) is 5.26 Å². The molecule has 1 amide bonds. The van der Waals surface area contributed by atoms with Crippen LogP contribution >= 0.6 is 0 Å². The van der Waals surface area contributed by atoms with Crippen molar-refractivity contribution >= 4 is 17.6 Å². The van der Waals surface area contributed by atoms with Crippen molar-refractivity contribution in [3.63, 3.8) is 0 Å². The number of benzene rings is 1. The molecule has 1 aromatic carbocycles. The SMILES string of the molecule is N#Cc1ccc(NC(=O)c2cc(CN=[N+]=[N-])on2)c(C(=O)O)c1. The second-order valence-corrected chi connectivity index (χ2v) is 4.20. The van der Waals surface area contributed by atoms with E-state index in [-0.39, 0.29) is 34.8 Å². The summed E-state index contributed by atoms with van der Waals surface area (Å²) in [6, 6.07) is 6.91. The number of nitriles is 1. The van der Waals surface area contributed by atoms with Gasteiger partial charge in [-0.25, -0.2) is 4.79 Å². The molecular weight excluding hydrogens is 304 g/mol. The molecule has 0 aliphatic carbocycles. The molecule has 2 rings (SSSR count). The van der Waals surface area contributed by atoms with Crippen LogP contribution in [0.2, 0.25) is 0 Å². The fourth-order valence-corrected chi connectivity index (χ4v) is 1.68. The molecule has 0 atom stereocenters. The molecule has 0 saturated heterocycles. The standard InChI is InChI=1S/C13H8N6O4/c14-5-7-1-2-10(9(3-7)13(21)22)17-12(20)11-4-8(23-18-11)6-16-19-15/h1-4H,6H2,(H,17,20)(H,21,22). The number of aromatic nitrogens is 1. The third kappa shape index (κ3) is 3.63. The van der Waals surface area contributed by atoms with Gasteiger partial charge in [0.15, 0.2) is 5.69 Å². The first-order chi connectivity index (χ1) is 11.0. The molecule has 10 nitrogen and oxygen atoms in total. The van der Waals surface area contributed by atoms with Crippen LogP contribution < -0.4 is 5.32 Å². The molecule has 1 heterocycles. The van der Waals surface area contributed by atoms with Gasteiger partial charge in [-0.3, -0.25) is 4.79 Å². The Hall–Kier alpha value is -3.83. The minimum absolute atomic E-state index is 0.0149. The predicted octanol–water partition coefficient (Wildman–Crippen LogP) is 2.31. The van der Waals surface area contributed by atoms with Crippen molar-refractivity contribution in [3.05, 3.63) is 57.3 Å². The number of carbonyl (C=O) groups excluding carboxylic acids is 1. The van der Waals surface area contributed by atoms with Crippen LogP contribution in [0.1, 0.15) is 32.2 Å². The molecule has 0 saturated carbocycles. The highest BCUT2D eigenvalue weighted by atomic mass is 16.5. The number of hydrogen-bond donors (Lipinski definition) is 2. The zero-order valence-corrected chi connectivity index (χ0v) is 11.4. The van der Waals surface area contributed by atoms with Crippen LogP contribution in [0.5, 0.6) is 0 Å². The van der Waals surface area contributed by atoms with E-state index in [2.05, 4.69) is 20.5 Å². The number of hydrogen-bond acceptors (Lipinski definition) is 6. The van der Waals surface area contributed by atoms with Gasteiger partial charge in [0, 0.05) is 11.0 Å². The predicted molar refractivity (Wildman–Crippen MR) is 75.4 cm³/mol. The van der Waals surface area contributed by atoms with Gasteiger partial charge >= 0.3 is 5.97 Å². The number of amides is 1. The fraction of sp³-hybridized carbons (Fsp3) is 0.0769. The molecule has 0 spiro atoms. The molecule has 2 aromatic rings. The normalized spacial score (nSPS) is 9.52. The molecule has 10 heteroatoms. The Morgan fingerprint density at radius 2 is 2.26 bits per heavy atom. The van der Waals surface area contributed by atoms with Gasteiger partial charge in [0.1, 0.15) is 5.76 Å². The minimum Gasteiger partial charge on any atom is -0.478 e. The van der Waals surface area contributed by atoms with E-state index in [0.717, 1.165) is 6.07 Å². The van der Waals surface area contributed by atoms with Crippen LogP contribution in [0.4, 0.5) is 5.69 Å². The van der Waals surface area contributed by atoms with Crippen molar-refractivity contribution in [2.24, 2.45) is 5.11 Å². The van der Waals surface area contributed by atoms with E-state index < -0.39 is 11.9 Å². The number of aromatic carboxylic acids is 1. The zero-order valence-electron chi connectivity index (χ0n) is 11.4. The molecule has 0 aliphatic heterocycles. The maximum atomic E-state index is 12.0. The molecule has 0 aliphatic rings. The summed E-state index contributed by atoms with van der Waals surface area (Å²) in [6.07, 6.45) is 0. The van der Waals surface area contributed by atoms with Crippen LogP contribution in [0.3, 0.4) is 0 Å². The van der Waals surface area contributed by atoms with E-state index in [1.54, 1.807) is 0 Å². The Balaban J connectivity index is 2.23. The van der Waals surface area contributed by atoms with Crippen molar-refractivity contribution in [3.8, 4) is 6.07 Å². The lowest BCUT2D eigenvalue weighted by molar-refractivity contribution is 0.0698. The molecule has 114 valence electrons. The number of rotatable bonds is 5. The summed E-state index contributed by atoms with van der Waals surface area (Å²) in [4.78, 5) is 25.8. The summed E-state index contributed by atoms with van der Waals surface area (Å²) in [7, 11) is 0. The van der Waals surface area contributed by atoms with Gasteiger partial charge in [-0.1, -0.05) is 10.3 Å². The Kier molecular flexibility index (Phi) is 4.57. The molecule has 0 fully saturated rings. The van der Waals surface area contributed by atoms with Gasteiger partial charge in [0.25, 0.3) is 5.91 Å². The van der Waals surface area contributed by atoms with Crippen molar-refractivity contribution in [1.82, 2.24) is 5.16 Å². The van der Waals surface area contributed by atoms with Crippen LogP contribution in [0, 0.1) is 11.3 Å². The first-order valence-corrected chi connectivity index (χ1v) is 6.10.